The summed E-state index contributed by atoms with van der Waals surface area (Å²) >= 11 is 8.13. The Balaban J connectivity index is 2.34. The average Bonchev–Trinajstić information content (AvgIpc) is 2.47. The van der Waals surface area contributed by atoms with Gasteiger partial charge in [0.15, 0.2) is 0 Å². The van der Waals surface area contributed by atoms with Crippen molar-refractivity contribution in [2.45, 2.75) is 39.0 Å². The average molecular weight is 241 g/mol. The molecule has 0 saturated heterocycles. The second kappa shape index (κ2) is 3.95. The molecule has 15 heavy (non-hydrogen) atoms. The van der Waals surface area contributed by atoms with E-state index in [1.54, 1.807) is 0 Å². The van der Waals surface area contributed by atoms with Gasteiger partial charge in [-0.3, -0.25) is 0 Å². The molecule has 1 aliphatic carbocycles. The lowest BCUT2D eigenvalue weighted by atomic mass is 9.76. The minimum absolute atomic E-state index is 0.199. The van der Waals surface area contributed by atoms with Crippen LogP contribution in [0.3, 0.4) is 0 Å². The topological polar surface area (TPSA) is 0 Å². The number of alkyl halides is 1. The van der Waals surface area contributed by atoms with Crippen LogP contribution in [0, 0.1) is 12.3 Å². The molecule has 2 rings (SSSR count). The van der Waals surface area contributed by atoms with Gasteiger partial charge in [-0.15, -0.1) is 22.9 Å². The molecular formula is C13H17ClS. The molecule has 0 bridgehead atoms. The molecule has 0 spiro atoms. The summed E-state index contributed by atoms with van der Waals surface area (Å²) in [6.45, 7) is 6.79. The van der Waals surface area contributed by atoms with Crippen LogP contribution >= 0.6 is 22.9 Å². The Morgan fingerprint density at radius 3 is 2.73 bits per heavy atom. The van der Waals surface area contributed by atoms with E-state index in [2.05, 4.69) is 38.3 Å². The third-order valence-electron chi connectivity index (χ3n) is 2.95. The maximum Gasteiger partial charge on any atom is 0.0527 e. The normalized spacial score (nSPS) is 25.1. The summed E-state index contributed by atoms with van der Waals surface area (Å²) in [5, 5.41) is 2.36. The van der Waals surface area contributed by atoms with E-state index in [1.807, 2.05) is 11.3 Å². The Labute approximate surface area is 101 Å². The summed E-state index contributed by atoms with van der Waals surface area (Å²) < 4.78 is 0. The van der Waals surface area contributed by atoms with Gasteiger partial charge in [0.25, 0.3) is 0 Å². The van der Waals surface area contributed by atoms with Crippen LogP contribution in [0.1, 0.15) is 37.1 Å². The van der Waals surface area contributed by atoms with Gasteiger partial charge in [-0.2, -0.15) is 0 Å². The van der Waals surface area contributed by atoms with E-state index < -0.39 is 0 Å². The zero-order valence-electron chi connectivity index (χ0n) is 9.51. The minimum Gasteiger partial charge on any atom is -0.144 e. The molecule has 0 nitrogen and oxygen atoms in total. The molecule has 0 amide bonds. The zero-order chi connectivity index (χ0) is 11.1. The van der Waals surface area contributed by atoms with Gasteiger partial charge in [-0.25, -0.2) is 0 Å². The first-order valence-electron chi connectivity index (χ1n) is 5.37. The molecule has 0 N–H and O–H groups in total. The molecular weight excluding hydrogens is 224 g/mol. The van der Waals surface area contributed by atoms with Crippen LogP contribution in [0.2, 0.25) is 0 Å². The number of aryl methyl sites for hydroxylation is 1. The van der Waals surface area contributed by atoms with Gasteiger partial charge < -0.3 is 0 Å². The van der Waals surface area contributed by atoms with Crippen LogP contribution in [0.5, 0.6) is 0 Å². The van der Waals surface area contributed by atoms with Gasteiger partial charge in [0, 0.05) is 4.88 Å². The van der Waals surface area contributed by atoms with Crippen molar-refractivity contribution in [3.05, 3.63) is 28.0 Å². The van der Waals surface area contributed by atoms with Crippen molar-refractivity contribution in [1.82, 2.24) is 0 Å². The first-order valence-corrected chi connectivity index (χ1v) is 6.69. The fraction of sp³-hybridized carbons (Fsp3) is 0.538. The van der Waals surface area contributed by atoms with Gasteiger partial charge in [0.1, 0.15) is 0 Å². The number of hydrogen-bond donors (Lipinski definition) is 0. The first-order chi connectivity index (χ1) is 6.98. The predicted molar refractivity (Wildman–Crippen MR) is 69.7 cm³/mol. The van der Waals surface area contributed by atoms with E-state index in [4.69, 9.17) is 11.6 Å². The molecule has 0 aromatic carbocycles. The van der Waals surface area contributed by atoms with E-state index in [-0.39, 0.29) is 5.38 Å². The molecule has 1 aromatic rings. The number of thiophene rings is 1. The number of hydrogen-bond acceptors (Lipinski definition) is 1. The van der Waals surface area contributed by atoms with E-state index in [0.717, 1.165) is 12.8 Å². The van der Waals surface area contributed by atoms with Crippen LogP contribution in [-0.4, -0.2) is 5.38 Å². The molecule has 1 heterocycles. The van der Waals surface area contributed by atoms with Crippen LogP contribution in [0.4, 0.5) is 0 Å². The van der Waals surface area contributed by atoms with E-state index >= 15 is 0 Å². The number of halogens is 1. The van der Waals surface area contributed by atoms with Crippen molar-refractivity contribution in [3.63, 3.8) is 0 Å². The molecule has 2 heteroatoms. The van der Waals surface area contributed by atoms with Crippen molar-refractivity contribution in [1.29, 1.82) is 0 Å². The number of rotatable bonds is 1. The van der Waals surface area contributed by atoms with Crippen molar-refractivity contribution >= 4 is 28.5 Å². The standard InChI is InChI=1S/C13H17ClS/c1-9-4-5-15-12(9)10-6-11(14)8-13(2,3)7-10/h4-6,11H,7-8H2,1-3H3. The smallest absolute Gasteiger partial charge is 0.0527 e. The second-order valence-corrected chi connectivity index (χ2v) is 6.66. The Hall–Kier alpha value is -0.270. The second-order valence-electron chi connectivity index (χ2n) is 5.19. The fourth-order valence-electron chi connectivity index (χ4n) is 2.31. The van der Waals surface area contributed by atoms with E-state index in [1.165, 1.54) is 16.0 Å². The lowest BCUT2D eigenvalue weighted by Gasteiger charge is -2.32. The third kappa shape index (κ3) is 2.46. The monoisotopic (exact) mass is 240 g/mol. The van der Waals surface area contributed by atoms with Crippen LogP contribution in [0.25, 0.3) is 5.57 Å². The van der Waals surface area contributed by atoms with E-state index in [9.17, 15) is 0 Å². The van der Waals surface area contributed by atoms with Gasteiger partial charge in [0.2, 0.25) is 0 Å². The molecule has 0 aliphatic heterocycles. The highest BCUT2D eigenvalue weighted by molar-refractivity contribution is 7.11. The zero-order valence-corrected chi connectivity index (χ0v) is 11.1. The van der Waals surface area contributed by atoms with Crippen LogP contribution < -0.4 is 0 Å². The molecule has 1 unspecified atom stereocenters. The SMILES string of the molecule is Cc1ccsc1C1=CC(Cl)CC(C)(C)C1. The van der Waals surface area contributed by atoms with Gasteiger partial charge in [-0.1, -0.05) is 19.9 Å². The summed E-state index contributed by atoms with van der Waals surface area (Å²) in [6, 6.07) is 2.19. The first kappa shape index (κ1) is 11.2. The summed E-state index contributed by atoms with van der Waals surface area (Å²) in [7, 11) is 0. The van der Waals surface area contributed by atoms with Crippen molar-refractivity contribution in [3.8, 4) is 0 Å². The Kier molecular flexibility index (Phi) is 2.96. The largest absolute Gasteiger partial charge is 0.144 e. The predicted octanol–water partition coefficient (Wildman–Crippen LogP) is 4.87. The molecule has 0 fully saturated rings. The number of allylic oxidation sites excluding steroid dienone is 2. The highest BCUT2D eigenvalue weighted by Gasteiger charge is 2.28. The lowest BCUT2D eigenvalue weighted by Crippen LogP contribution is -2.21. The summed E-state index contributed by atoms with van der Waals surface area (Å²) in [5.41, 5.74) is 3.17. The quantitative estimate of drug-likeness (QED) is 0.615. The third-order valence-corrected chi connectivity index (χ3v) is 4.32. The summed E-state index contributed by atoms with van der Waals surface area (Å²) in [6.07, 6.45) is 4.48. The molecule has 1 atom stereocenters. The van der Waals surface area contributed by atoms with Gasteiger partial charge >= 0.3 is 0 Å². The Bertz CT molecular complexity index is 387. The van der Waals surface area contributed by atoms with Crippen molar-refractivity contribution in [2.24, 2.45) is 5.41 Å². The lowest BCUT2D eigenvalue weighted by molar-refractivity contribution is 0.341. The van der Waals surface area contributed by atoms with Crippen LogP contribution in [-0.2, 0) is 0 Å². The summed E-state index contributed by atoms with van der Waals surface area (Å²) in [5.74, 6) is 0. The molecule has 1 aliphatic rings. The molecule has 0 saturated carbocycles. The van der Waals surface area contributed by atoms with Crippen molar-refractivity contribution in [2.75, 3.05) is 0 Å². The maximum atomic E-state index is 6.29. The van der Waals surface area contributed by atoms with Crippen molar-refractivity contribution < 1.29 is 0 Å². The maximum absolute atomic E-state index is 6.29. The Morgan fingerprint density at radius 2 is 2.20 bits per heavy atom. The van der Waals surface area contributed by atoms with Crippen LogP contribution in [0.15, 0.2) is 17.5 Å². The molecule has 0 radical (unpaired) electrons. The fourth-order valence-corrected chi connectivity index (χ4v) is 3.83. The molecule has 1 aromatic heterocycles. The molecule has 82 valence electrons. The Morgan fingerprint density at radius 1 is 1.47 bits per heavy atom. The highest BCUT2D eigenvalue weighted by Crippen LogP contribution is 2.43. The summed E-state index contributed by atoms with van der Waals surface area (Å²) in [4.78, 5) is 1.42. The van der Waals surface area contributed by atoms with Gasteiger partial charge in [0.05, 0.1) is 5.38 Å². The highest BCUT2D eigenvalue weighted by atomic mass is 35.5. The minimum atomic E-state index is 0.199. The van der Waals surface area contributed by atoms with Gasteiger partial charge in [-0.05, 0) is 47.8 Å². The van der Waals surface area contributed by atoms with E-state index in [0.29, 0.717) is 5.41 Å².